The van der Waals surface area contributed by atoms with Gasteiger partial charge in [-0.1, -0.05) is 11.6 Å². The van der Waals surface area contributed by atoms with Gasteiger partial charge in [0.05, 0.1) is 7.11 Å². The maximum absolute atomic E-state index is 11.3. The topological polar surface area (TPSA) is 73.6 Å². The number of methoxy groups -OCH3 is 1. The number of hydrogen-bond acceptors (Lipinski definition) is 4. The summed E-state index contributed by atoms with van der Waals surface area (Å²) in [5.41, 5.74) is 6.62. The zero-order chi connectivity index (χ0) is 14.4. The number of hydrogen-bond donors (Lipinski definition) is 2. The third-order valence-corrected chi connectivity index (χ3v) is 2.70. The molecule has 0 radical (unpaired) electrons. The molecule has 0 bridgehead atoms. The van der Waals surface area contributed by atoms with Gasteiger partial charge in [0.1, 0.15) is 0 Å². The van der Waals surface area contributed by atoms with Crippen LogP contribution in [0.4, 0.5) is 0 Å². The number of carbonyl (C=O) groups is 1. The van der Waals surface area contributed by atoms with Gasteiger partial charge >= 0.3 is 0 Å². The van der Waals surface area contributed by atoms with Gasteiger partial charge < -0.3 is 20.5 Å². The average molecular weight is 287 g/mol. The number of nitrogens with two attached hydrogens (primary N) is 1. The Labute approximate surface area is 118 Å². The Kier molecular flexibility index (Phi) is 5.92. The lowest BCUT2D eigenvalue weighted by molar-refractivity contribution is -0.122. The van der Waals surface area contributed by atoms with Crippen molar-refractivity contribution >= 4 is 17.5 Å². The van der Waals surface area contributed by atoms with E-state index in [1.807, 2.05) is 6.92 Å². The van der Waals surface area contributed by atoms with Crippen molar-refractivity contribution < 1.29 is 14.3 Å². The summed E-state index contributed by atoms with van der Waals surface area (Å²) < 4.78 is 10.7. The van der Waals surface area contributed by atoms with E-state index in [0.29, 0.717) is 22.9 Å². The van der Waals surface area contributed by atoms with Gasteiger partial charge in [0.15, 0.2) is 18.1 Å². The van der Waals surface area contributed by atoms with Crippen molar-refractivity contribution in [1.29, 1.82) is 0 Å². The van der Waals surface area contributed by atoms with Crippen LogP contribution in [0.3, 0.4) is 0 Å². The average Bonchev–Trinajstić information content (AvgIpc) is 2.35. The van der Waals surface area contributed by atoms with Gasteiger partial charge in [-0.25, -0.2) is 0 Å². The second kappa shape index (κ2) is 7.21. The third kappa shape index (κ3) is 4.61. The molecule has 6 heteroatoms. The molecule has 0 saturated carbocycles. The molecule has 3 N–H and O–H groups in total. The summed E-state index contributed by atoms with van der Waals surface area (Å²) in [6, 6.07) is 3.36. The first kappa shape index (κ1) is 15.6. The van der Waals surface area contributed by atoms with Gasteiger partial charge in [0.2, 0.25) is 0 Å². The Hall–Kier alpha value is -1.46. The second-order valence-corrected chi connectivity index (χ2v) is 4.68. The van der Waals surface area contributed by atoms with E-state index in [-0.39, 0.29) is 18.6 Å². The Bertz CT molecular complexity index is 450. The molecule has 0 heterocycles. The molecule has 106 valence electrons. The predicted molar refractivity (Wildman–Crippen MR) is 74.9 cm³/mol. The van der Waals surface area contributed by atoms with Gasteiger partial charge in [-0.2, -0.15) is 0 Å². The third-order valence-electron chi connectivity index (χ3n) is 2.48. The van der Waals surface area contributed by atoms with Gasteiger partial charge in [0, 0.05) is 29.7 Å². The van der Waals surface area contributed by atoms with E-state index in [2.05, 4.69) is 5.32 Å². The fraction of sp³-hybridized carbons (Fsp3) is 0.462. The quantitative estimate of drug-likeness (QED) is 0.828. The van der Waals surface area contributed by atoms with E-state index in [0.717, 1.165) is 5.56 Å². The van der Waals surface area contributed by atoms with Crippen molar-refractivity contribution in [1.82, 2.24) is 5.32 Å². The molecule has 0 aromatic heterocycles. The highest BCUT2D eigenvalue weighted by molar-refractivity contribution is 6.30. The molecule has 1 rings (SSSR count). The molecule has 0 aliphatic heterocycles. The van der Waals surface area contributed by atoms with Crippen LogP contribution in [0, 0.1) is 0 Å². The standard InChI is InChI=1S/C13H19ClN2O3/c1-8(15)4-9-5-10(14)6-11(18-3)13(9)19-7-12(17)16-2/h5-6,8H,4,7,15H2,1-3H3,(H,16,17). The van der Waals surface area contributed by atoms with Crippen LogP contribution in [0.15, 0.2) is 12.1 Å². The molecule has 0 saturated heterocycles. The maximum Gasteiger partial charge on any atom is 0.257 e. The number of likely N-dealkylation sites (N-methyl/N-ethyl adjacent to an activating group) is 1. The lowest BCUT2D eigenvalue weighted by atomic mass is 10.1. The zero-order valence-electron chi connectivity index (χ0n) is 11.3. The normalized spacial score (nSPS) is 11.8. The summed E-state index contributed by atoms with van der Waals surface area (Å²) in [6.07, 6.45) is 0.583. The highest BCUT2D eigenvalue weighted by Gasteiger charge is 2.15. The highest BCUT2D eigenvalue weighted by Crippen LogP contribution is 2.35. The molecular weight excluding hydrogens is 268 g/mol. The summed E-state index contributed by atoms with van der Waals surface area (Å²) in [6.45, 7) is 1.80. The minimum Gasteiger partial charge on any atom is -0.493 e. The number of nitrogens with one attached hydrogen (secondary N) is 1. The molecule has 0 spiro atoms. The van der Waals surface area contributed by atoms with Crippen LogP contribution >= 0.6 is 11.6 Å². The first-order chi connectivity index (χ1) is 8.97. The Morgan fingerprint density at radius 2 is 2.21 bits per heavy atom. The maximum atomic E-state index is 11.3. The van der Waals surface area contributed by atoms with Crippen LogP contribution in [0.2, 0.25) is 5.02 Å². The SMILES string of the molecule is CNC(=O)COc1c(CC(C)N)cc(Cl)cc1OC. The van der Waals surface area contributed by atoms with Crippen molar-refractivity contribution in [3.05, 3.63) is 22.7 Å². The van der Waals surface area contributed by atoms with E-state index in [9.17, 15) is 4.79 Å². The van der Waals surface area contributed by atoms with E-state index >= 15 is 0 Å². The molecule has 1 atom stereocenters. The van der Waals surface area contributed by atoms with Crippen LogP contribution < -0.4 is 20.5 Å². The van der Waals surface area contributed by atoms with Crippen molar-refractivity contribution in [2.24, 2.45) is 5.73 Å². The van der Waals surface area contributed by atoms with Crippen molar-refractivity contribution in [3.63, 3.8) is 0 Å². The fourth-order valence-corrected chi connectivity index (χ4v) is 1.88. The predicted octanol–water partition coefficient (Wildman–Crippen LogP) is 1.36. The largest absolute Gasteiger partial charge is 0.493 e. The smallest absolute Gasteiger partial charge is 0.257 e. The van der Waals surface area contributed by atoms with Crippen LogP contribution in [0.25, 0.3) is 0 Å². The Balaban J connectivity index is 3.05. The molecule has 19 heavy (non-hydrogen) atoms. The van der Waals surface area contributed by atoms with Crippen LogP contribution in [0.1, 0.15) is 12.5 Å². The monoisotopic (exact) mass is 286 g/mol. The van der Waals surface area contributed by atoms with E-state index in [4.69, 9.17) is 26.8 Å². The first-order valence-electron chi connectivity index (χ1n) is 5.93. The molecule has 0 aliphatic rings. The lowest BCUT2D eigenvalue weighted by Crippen LogP contribution is -2.25. The van der Waals surface area contributed by atoms with E-state index in [1.54, 1.807) is 19.2 Å². The number of ether oxygens (including phenoxy) is 2. The molecule has 1 aromatic carbocycles. The van der Waals surface area contributed by atoms with Crippen molar-refractivity contribution in [2.75, 3.05) is 20.8 Å². The van der Waals surface area contributed by atoms with Crippen LogP contribution in [0.5, 0.6) is 11.5 Å². The van der Waals surface area contributed by atoms with E-state index < -0.39 is 0 Å². The zero-order valence-corrected chi connectivity index (χ0v) is 12.1. The van der Waals surface area contributed by atoms with Crippen molar-refractivity contribution in [3.8, 4) is 11.5 Å². The van der Waals surface area contributed by atoms with E-state index in [1.165, 1.54) is 7.11 Å². The Morgan fingerprint density at radius 1 is 1.53 bits per heavy atom. The summed E-state index contributed by atoms with van der Waals surface area (Å²) in [5, 5.41) is 3.03. The van der Waals surface area contributed by atoms with Gasteiger partial charge in [-0.3, -0.25) is 4.79 Å². The van der Waals surface area contributed by atoms with Crippen LogP contribution in [-0.4, -0.2) is 32.7 Å². The molecular formula is C13H19ClN2O3. The van der Waals surface area contributed by atoms with Gasteiger partial charge in [0.25, 0.3) is 5.91 Å². The number of carbonyl (C=O) groups excluding carboxylic acids is 1. The molecule has 1 aromatic rings. The summed E-state index contributed by atoms with van der Waals surface area (Å²) >= 11 is 6.02. The van der Waals surface area contributed by atoms with Crippen molar-refractivity contribution in [2.45, 2.75) is 19.4 Å². The molecule has 1 amide bonds. The summed E-state index contributed by atoms with van der Waals surface area (Å²) in [7, 11) is 3.07. The Morgan fingerprint density at radius 3 is 2.74 bits per heavy atom. The first-order valence-corrected chi connectivity index (χ1v) is 6.31. The summed E-state index contributed by atoms with van der Waals surface area (Å²) in [5.74, 6) is 0.781. The molecule has 0 aliphatic carbocycles. The summed E-state index contributed by atoms with van der Waals surface area (Å²) in [4.78, 5) is 11.3. The minimum atomic E-state index is -0.219. The number of benzene rings is 1. The van der Waals surface area contributed by atoms with Crippen LogP contribution in [-0.2, 0) is 11.2 Å². The molecule has 5 nitrogen and oxygen atoms in total. The number of halogens is 1. The molecule has 0 fully saturated rings. The lowest BCUT2D eigenvalue weighted by Gasteiger charge is -2.16. The van der Waals surface area contributed by atoms with Gasteiger partial charge in [-0.15, -0.1) is 0 Å². The number of amides is 1. The van der Waals surface area contributed by atoms with Gasteiger partial charge in [-0.05, 0) is 19.4 Å². The minimum absolute atomic E-state index is 0.0504. The fourth-order valence-electron chi connectivity index (χ4n) is 1.65. The highest BCUT2D eigenvalue weighted by atomic mass is 35.5. The number of rotatable bonds is 6. The second-order valence-electron chi connectivity index (χ2n) is 4.24. The molecule has 1 unspecified atom stereocenters.